The van der Waals surface area contributed by atoms with E-state index in [1.807, 2.05) is 12.1 Å². The van der Waals surface area contributed by atoms with Crippen LogP contribution < -0.4 is 5.32 Å². The Morgan fingerprint density at radius 1 is 1.32 bits per heavy atom. The number of benzene rings is 1. The van der Waals surface area contributed by atoms with Crippen LogP contribution in [0.2, 0.25) is 0 Å². The van der Waals surface area contributed by atoms with E-state index in [-0.39, 0.29) is 12.3 Å². The molecule has 2 N–H and O–H groups in total. The Balaban J connectivity index is 2.43. The van der Waals surface area contributed by atoms with E-state index in [4.69, 9.17) is 5.11 Å². The Morgan fingerprint density at radius 2 is 1.91 bits per heavy atom. The third-order valence-corrected chi connectivity index (χ3v) is 5.39. The van der Waals surface area contributed by atoms with E-state index in [0.29, 0.717) is 23.5 Å². The van der Waals surface area contributed by atoms with Crippen molar-refractivity contribution in [2.45, 2.75) is 43.5 Å². The second-order valence-corrected chi connectivity index (χ2v) is 7.63. The molecule has 1 rings (SSSR count). The van der Waals surface area contributed by atoms with E-state index in [2.05, 4.69) is 21.2 Å². The summed E-state index contributed by atoms with van der Waals surface area (Å²) in [7, 11) is -1.16. The number of aliphatic carboxylic acids is 1. The van der Waals surface area contributed by atoms with Gasteiger partial charge in [0.1, 0.15) is 5.54 Å². The number of carboxylic acids is 1. The summed E-state index contributed by atoms with van der Waals surface area (Å²) in [4.78, 5) is 23.6. The second kappa shape index (κ2) is 8.43. The van der Waals surface area contributed by atoms with Crippen LogP contribution in [0.1, 0.15) is 33.1 Å². The molecule has 0 saturated carbocycles. The molecule has 7 heteroatoms. The van der Waals surface area contributed by atoms with Crippen LogP contribution in [-0.2, 0) is 20.4 Å². The lowest BCUT2D eigenvalue weighted by Gasteiger charge is -2.24. The summed E-state index contributed by atoms with van der Waals surface area (Å²) >= 11 is 3.31. The average Bonchev–Trinajstić information content (AvgIpc) is 2.47. The van der Waals surface area contributed by atoms with Crippen LogP contribution in [0.15, 0.2) is 33.6 Å². The molecular formula is C15H20BrNO4S. The minimum atomic E-state index is -1.25. The molecule has 22 heavy (non-hydrogen) atoms. The van der Waals surface area contributed by atoms with Crippen molar-refractivity contribution in [3.8, 4) is 0 Å². The van der Waals surface area contributed by atoms with Crippen LogP contribution in [0, 0.1) is 0 Å². The molecule has 1 amide bonds. The third-order valence-electron chi connectivity index (χ3n) is 3.40. The number of carbonyl (C=O) groups is 2. The van der Waals surface area contributed by atoms with Crippen molar-refractivity contribution in [1.29, 1.82) is 0 Å². The Hall–Kier alpha value is -1.21. The topological polar surface area (TPSA) is 83.5 Å². The van der Waals surface area contributed by atoms with Crippen molar-refractivity contribution in [2.75, 3.05) is 5.75 Å². The van der Waals surface area contributed by atoms with E-state index in [9.17, 15) is 13.8 Å². The maximum atomic E-state index is 12.1. The van der Waals surface area contributed by atoms with Gasteiger partial charge >= 0.3 is 5.97 Å². The van der Waals surface area contributed by atoms with E-state index >= 15 is 0 Å². The first-order valence-electron chi connectivity index (χ1n) is 6.97. The predicted molar refractivity (Wildman–Crippen MR) is 89.1 cm³/mol. The molecule has 0 aliphatic carbocycles. The van der Waals surface area contributed by atoms with Crippen molar-refractivity contribution in [2.24, 2.45) is 0 Å². The van der Waals surface area contributed by atoms with Gasteiger partial charge in [-0.3, -0.25) is 9.00 Å². The number of carboxylic acid groups (broad SMARTS) is 1. The zero-order valence-corrected chi connectivity index (χ0v) is 15.0. The fraction of sp³-hybridized carbons (Fsp3) is 0.467. The maximum Gasteiger partial charge on any atom is 0.329 e. The molecule has 122 valence electrons. The first-order valence-corrected chi connectivity index (χ1v) is 9.08. The highest BCUT2D eigenvalue weighted by Gasteiger charge is 2.32. The fourth-order valence-electron chi connectivity index (χ4n) is 1.73. The van der Waals surface area contributed by atoms with Gasteiger partial charge in [-0.25, -0.2) is 4.79 Å². The third kappa shape index (κ3) is 5.53. The number of halogens is 1. The van der Waals surface area contributed by atoms with Crippen molar-refractivity contribution in [3.63, 3.8) is 0 Å². The summed E-state index contributed by atoms with van der Waals surface area (Å²) in [5.41, 5.74) is -1.25. The van der Waals surface area contributed by atoms with Gasteiger partial charge in [-0.2, -0.15) is 0 Å². The molecule has 5 nitrogen and oxygen atoms in total. The molecular weight excluding hydrogens is 370 g/mol. The Labute approximate surface area is 141 Å². The molecule has 0 aliphatic heterocycles. The normalized spacial score (nSPS) is 14.9. The average molecular weight is 390 g/mol. The molecule has 0 bridgehead atoms. The summed E-state index contributed by atoms with van der Waals surface area (Å²) in [5.74, 6) is -1.02. The zero-order chi connectivity index (χ0) is 16.8. The van der Waals surface area contributed by atoms with Gasteiger partial charge in [-0.1, -0.05) is 22.9 Å². The molecule has 0 spiro atoms. The molecule has 1 aromatic rings. The molecule has 2 unspecified atom stereocenters. The Kier molecular flexibility index (Phi) is 7.22. The van der Waals surface area contributed by atoms with Crippen LogP contribution in [-0.4, -0.2) is 32.5 Å². The molecule has 1 aromatic carbocycles. The highest BCUT2D eigenvalue weighted by molar-refractivity contribution is 9.10. The lowest BCUT2D eigenvalue weighted by atomic mass is 9.99. The predicted octanol–water partition coefficient (Wildman–Crippen LogP) is 2.71. The lowest BCUT2D eigenvalue weighted by molar-refractivity contribution is -0.147. The summed E-state index contributed by atoms with van der Waals surface area (Å²) in [6.07, 6.45) is 0.901. The first kappa shape index (κ1) is 18.8. The van der Waals surface area contributed by atoms with Crippen LogP contribution >= 0.6 is 15.9 Å². The van der Waals surface area contributed by atoms with Crippen LogP contribution in [0.4, 0.5) is 0 Å². The van der Waals surface area contributed by atoms with E-state index in [1.165, 1.54) is 6.92 Å². The van der Waals surface area contributed by atoms with Gasteiger partial charge < -0.3 is 10.4 Å². The van der Waals surface area contributed by atoms with Gasteiger partial charge in [0.25, 0.3) is 0 Å². The largest absolute Gasteiger partial charge is 0.480 e. The number of carbonyl (C=O) groups excluding carboxylic acids is 1. The number of hydrogen-bond donors (Lipinski definition) is 2. The van der Waals surface area contributed by atoms with Gasteiger partial charge in [0.05, 0.1) is 10.8 Å². The summed E-state index contributed by atoms with van der Waals surface area (Å²) in [6, 6.07) is 7.19. The number of amides is 1. The van der Waals surface area contributed by atoms with Gasteiger partial charge in [0, 0.05) is 21.5 Å². The summed E-state index contributed by atoms with van der Waals surface area (Å²) in [5, 5.41) is 11.6. The van der Waals surface area contributed by atoms with E-state index in [1.54, 1.807) is 19.1 Å². The van der Waals surface area contributed by atoms with Gasteiger partial charge in [0.2, 0.25) is 5.91 Å². The smallest absolute Gasteiger partial charge is 0.329 e. The maximum absolute atomic E-state index is 12.1. The van der Waals surface area contributed by atoms with Crippen molar-refractivity contribution in [1.82, 2.24) is 5.32 Å². The number of rotatable bonds is 8. The number of hydrogen-bond acceptors (Lipinski definition) is 3. The highest BCUT2D eigenvalue weighted by Crippen LogP contribution is 2.14. The van der Waals surface area contributed by atoms with Crippen LogP contribution in [0.25, 0.3) is 0 Å². The first-order chi connectivity index (χ1) is 10.3. The SMILES string of the molecule is CCC(C)(NC(=O)CCCS(=O)c1ccc(Br)cc1)C(=O)O. The van der Waals surface area contributed by atoms with Gasteiger partial charge in [0.15, 0.2) is 0 Å². The quantitative estimate of drug-likeness (QED) is 0.715. The monoisotopic (exact) mass is 389 g/mol. The Morgan fingerprint density at radius 3 is 2.41 bits per heavy atom. The van der Waals surface area contributed by atoms with Gasteiger partial charge in [-0.05, 0) is 44.0 Å². The van der Waals surface area contributed by atoms with E-state index < -0.39 is 22.3 Å². The molecule has 0 aliphatic rings. The molecule has 0 aromatic heterocycles. The van der Waals surface area contributed by atoms with Crippen LogP contribution in [0.3, 0.4) is 0 Å². The minimum Gasteiger partial charge on any atom is -0.480 e. The summed E-state index contributed by atoms with van der Waals surface area (Å²) in [6.45, 7) is 3.18. The lowest BCUT2D eigenvalue weighted by Crippen LogP contribution is -2.51. The van der Waals surface area contributed by atoms with Gasteiger partial charge in [-0.15, -0.1) is 0 Å². The molecule has 0 saturated heterocycles. The zero-order valence-electron chi connectivity index (χ0n) is 12.6. The second-order valence-electron chi connectivity index (χ2n) is 5.15. The molecule has 0 fully saturated rings. The van der Waals surface area contributed by atoms with Crippen molar-refractivity contribution < 1.29 is 18.9 Å². The fourth-order valence-corrected chi connectivity index (χ4v) is 3.08. The highest BCUT2D eigenvalue weighted by atomic mass is 79.9. The standard InChI is InChI=1S/C15H20BrNO4S/c1-3-15(2,14(19)20)17-13(18)5-4-10-22(21)12-8-6-11(16)7-9-12/h6-9H,3-5,10H2,1-2H3,(H,17,18)(H,19,20). The number of nitrogens with one attached hydrogen (secondary N) is 1. The molecule has 0 radical (unpaired) electrons. The van der Waals surface area contributed by atoms with E-state index in [0.717, 1.165) is 4.47 Å². The summed E-state index contributed by atoms with van der Waals surface area (Å²) < 4.78 is 13.0. The minimum absolute atomic E-state index is 0.158. The van der Waals surface area contributed by atoms with Crippen molar-refractivity contribution >= 4 is 38.6 Å². The van der Waals surface area contributed by atoms with Crippen molar-refractivity contribution in [3.05, 3.63) is 28.7 Å². The Bertz CT molecular complexity index is 561. The molecule has 2 atom stereocenters. The molecule has 0 heterocycles. The van der Waals surface area contributed by atoms with Crippen LogP contribution in [0.5, 0.6) is 0 Å².